The van der Waals surface area contributed by atoms with Gasteiger partial charge in [0.1, 0.15) is 16.9 Å². The van der Waals surface area contributed by atoms with Gasteiger partial charge in [0.15, 0.2) is 0 Å². The average molecular weight is 465 g/mol. The van der Waals surface area contributed by atoms with E-state index in [9.17, 15) is 0 Å². The Morgan fingerprint density at radius 2 is 1.18 bits per heavy atom. The fourth-order valence-electron chi connectivity index (χ4n) is 4.49. The molecular formula is C29H24NO3P. The van der Waals surface area contributed by atoms with Crippen LogP contribution in [-0.2, 0) is 6.54 Å². The van der Waals surface area contributed by atoms with Crippen LogP contribution < -0.4 is 4.52 Å². The van der Waals surface area contributed by atoms with Crippen molar-refractivity contribution < 1.29 is 12.9 Å². The standard InChI is InChI=1S/C29H24NO3P/c1-30(2)19-20-11-15-23(16-12-20)31-34-32-26-17-13-21-7-3-5-9-24(21)28(26)29-25-10-6-4-8-22(25)14-18-27(29)33-34/h3-18H,19H2,1-2H3. The zero-order valence-corrected chi connectivity index (χ0v) is 20.0. The van der Waals surface area contributed by atoms with Crippen molar-refractivity contribution in [3.05, 3.63) is 103 Å². The van der Waals surface area contributed by atoms with Crippen molar-refractivity contribution in [2.45, 2.75) is 6.54 Å². The van der Waals surface area contributed by atoms with Crippen LogP contribution in [0.3, 0.4) is 0 Å². The van der Waals surface area contributed by atoms with Gasteiger partial charge in [-0.15, -0.1) is 0 Å². The Bertz CT molecular complexity index is 1590. The van der Waals surface area contributed by atoms with E-state index in [2.05, 4.69) is 91.8 Å². The minimum atomic E-state index is -1.70. The minimum Gasteiger partial charge on any atom is -0.391 e. The van der Waals surface area contributed by atoms with Crippen molar-refractivity contribution >= 4 is 51.7 Å². The van der Waals surface area contributed by atoms with Gasteiger partial charge in [0, 0.05) is 17.3 Å². The maximum absolute atomic E-state index is 6.41. The highest BCUT2D eigenvalue weighted by molar-refractivity contribution is 7.32. The predicted molar refractivity (Wildman–Crippen MR) is 141 cm³/mol. The molecule has 0 amide bonds. The molecule has 0 N–H and O–H groups in total. The second-order valence-corrected chi connectivity index (χ2v) is 9.69. The Morgan fingerprint density at radius 1 is 0.647 bits per heavy atom. The zero-order valence-electron chi connectivity index (χ0n) is 19.1. The highest BCUT2D eigenvalue weighted by Gasteiger charge is 2.14. The number of fused-ring (bicyclic) bond motifs is 7. The molecular weight excluding hydrogens is 441 g/mol. The van der Waals surface area contributed by atoms with Crippen molar-refractivity contribution in [2.75, 3.05) is 14.1 Å². The lowest BCUT2D eigenvalue weighted by atomic mass is 9.99. The normalized spacial score (nSPS) is 11.6. The van der Waals surface area contributed by atoms with Crippen LogP contribution in [0.25, 0.3) is 43.5 Å². The first-order valence-electron chi connectivity index (χ1n) is 11.3. The summed E-state index contributed by atoms with van der Waals surface area (Å²) in [6.45, 7) is 0.878. The van der Waals surface area contributed by atoms with Gasteiger partial charge in [0.25, 0.3) is 0 Å². The smallest absolute Gasteiger partial charge is 0.391 e. The average Bonchev–Trinajstić information content (AvgIpc) is 3.01. The highest BCUT2D eigenvalue weighted by Crippen LogP contribution is 2.41. The summed E-state index contributed by atoms with van der Waals surface area (Å²) < 4.78 is 19.1. The number of rotatable bonds is 4. The van der Waals surface area contributed by atoms with Gasteiger partial charge in [-0.2, -0.15) is 0 Å². The summed E-state index contributed by atoms with van der Waals surface area (Å²) in [6.07, 6.45) is 0. The summed E-state index contributed by atoms with van der Waals surface area (Å²) in [5.74, 6) is 0.722. The second kappa shape index (κ2) is 8.57. The quantitative estimate of drug-likeness (QED) is 0.262. The van der Waals surface area contributed by atoms with Gasteiger partial charge in [-0.25, -0.2) is 0 Å². The van der Waals surface area contributed by atoms with E-state index in [4.69, 9.17) is 12.9 Å². The lowest BCUT2D eigenvalue weighted by molar-refractivity contribution is 0.402. The maximum Gasteiger partial charge on any atom is 0.453 e. The molecule has 0 unspecified atom stereocenters. The van der Waals surface area contributed by atoms with Crippen LogP contribution in [-0.4, -0.2) is 19.0 Å². The van der Waals surface area contributed by atoms with E-state index in [1.54, 1.807) is 0 Å². The largest absolute Gasteiger partial charge is 0.453 e. The SMILES string of the molecule is CN(C)Cc1ccc(Op2oc3ccc4ccccc4c3c3c(ccc4ccccc43)o2)cc1. The molecule has 0 bridgehead atoms. The molecule has 0 saturated heterocycles. The second-order valence-electron chi connectivity index (χ2n) is 8.70. The summed E-state index contributed by atoms with van der Waals surface area (Å²) in [7, 11) is 2.42. The van der Waals surface area contributed by atoms with Crippen LogP contribution in [0.2, 0.25) is 0 Å². The molecule has 0 aliphatic carbocycles. The highest BCUT2D eigenvalue weighted by atomic mass is 31.1. The van der Waals surface area contributed by atoms with Crippen LogP contribution in [0.4, 0.5) is 0 Å². The Balaban J connectivity index is 1.61. The summed E-state index contributed by atoms with van der Waals surface area (Å²) in [4.78, 5) is 2.14. The van der Waals surface area contributed by atoms with Gasteiger partial charge in [-0.05, 0) is 65.5 Å². The number of benzene rings is 5. The molecule has 6 rings (SSSR count). The van der Waals surface area contributed by atoms with E-state index >= 15 is 0 Å². The Hall–Kier alpha value is -3.72. The topological polar surface area (TPSA) is 38.8 Å². The van der Waals surface area contributed by atoms with Crippen molar-refractivity contribution in [3.63, 3.8) is 0 Å². The Kier molecular flexibility index (Phi) is 5.26. The van der Waals surface area contributed by atoms with Crippen molar-refractivity contribution in [1.29, 1.82) is 0 Å². The predicted octanol–water partition coefficient (Wildman–Crippen LogP) is 8.50. The first-order valence-corrected chi connectivity index (χ1v) is 12.4. The van der Waals surface area contributed by atoms with E-state index in [0.717, 1.165) is 55.8 Å². The Morgan fingerprint density at radius 3 is 1.71 bits per heavy atom. The molecule has 0 saturated carbocycles. The summed E-state index contributed by atoms with van der Waals surface area (Å²) in [6, 6.07) is 33.1. The van der Waals surface area contributed by atoms with E-state index in [0.29, 0.717) is 0 Å². The molecule has 5 heteroatoms. The lowest BCUT2D eigenvalue weighted by Gasteiger charge is -2.09. The number of hydrogen-bond acceptors (Lipinski definition) is 4. The fourth-order valence-corrected chi connectivity index (χ4v) is 5.53. The van der Waals surface area contributed by atoms with Crippen LogP contribution in [0.1, 0.15) is 5.56 Å². The summed E-state index contributed by atoms with van der Waals surface area (Å²) in [5.41, 5.74) is 2.76. The third-order valence-corrected chi connectivity index (χ3v) is 7.03. The molecule has 1 heterocycles. The van der Waals surface area contributed by atoms with E-state index in [1.807, 2.05) is 24.3 Å². The van der Waals surface area contributed by atoms with Crippen LogP contribution >= 0.6 is 8.24 Å². The minimum absolute atomic E-state index is 0.722. The molecule has 0 aliphatic heterocycles. The molecule has 0 aliphatic rings. The summed E-state index contributed by atoms with van der Waals surface area (Å²) in [5, 5.41) is 6.66. The fraction of sp³-hybridized carbons (Fsp3) is 0.103. The molecule has 168 valence electrons. The first kappa shape index (κ1) is 20.9. The zero-order chi connectivity index (χ0) is 23.1. The van der Waals surface area contributed by atoms with Gasteiger partial charge in [-0.3, -0.25) is 0 Å². The molecule has 0 radical (unpaired) electrons. The van der Waals surface area contributed by atoms with Crippen LogP contribution in [0.5, 0.6) is 5.75 Å². The van der Waals surface area contributed by atoms with Gasteiger partial charge in [0.05, 0.1) is 0 Å². The van der Waals surface area contributed by atoms with Crippen LogP contribution in [0, 0.1) is 0 Å². The number of nitrogens with zero attached hydrogens (tertiary/aromatic N) is 1. The first-order chi connectivity index (χ1) is 16.7. The molecule has 5 aromatic carbocycles. The molecule has 0 spiro atoms. The van der Waals surface area contributed by atoms with E-state index < -0.39 is 8.24 Å². The van der Waals surface area contributed by atoms with Crippen LogP contribution in [0.15, 0.2) is 105 Å². The molecule has 0 atom stereocenters. The van der Waals surface area contributed by atoms with Gasteiger partial charge in [0.2, 0.25) is 0 Å². The van der Waals surface area contributed by atoms with Crippen molar-refractivity contribution in [1.82, 2.24) is 4.90 Å². The monoisotopic (exact) mass is 465 g/mol. The number of hydrogen-bond donors (Lipinski definition) is 0. The van der Waals surface area contributed by atoms with Gasteiger partial charge >= 0.3 is 8.24 Å². The third-order valence-electron chi connectivity index (χ3n) is 5.98. The van der Waals surface area contributed by atoms with E-state index in [-0.39, 0.29) is 0 Å². The van der Waals surface area contributed by atoms with Gasteiger partial charge < -0.3 is 17.8 Å². The van der Waals surface area contributed by atoms with E-state index in [1.165, 1.54) is 5.56 Å². The Labute approximate surface area is 198 Å². The molecule has 34 heavy (non-hydrogen) atoms. The third kappa shape index (κ3) is 3.81. The maximum atomic E-state index is 6.41. The molecule has 0 fully saturated rings. The van der Waals surface area contributed by atoms with Crippen molar-refractivity contribution in [2.24, 2.45) is 0 Å². The van der Waals surface area contributed by atoms with Gasteiger partial charge in [-0.1, -0.05) is 72.8 Å². The molecule has 6 aromatic rings. The summed E-state index contributed by atoms with van der Waals surface area (Å²) >= 11 is 0. The molecule has 1 aromatic heterocycles. The van der Waals surface area contributed by atoms with Crippen molar-refractivity contribution in [3.8, 4) is 5.75 Å². The molecule has 4 nitrogen and oxygen atoms in total. The lowest BCUT2D eigenvalue weighted by Crippen LogP contribution is -2.10.